The average molecular weight is 252 g/mol. The first-order valence-corrected chi connectivity index (χ1v) is 6.14. The Morgan fingerprint density at radius 1 is 0.889 bits per heavy atom. The van der Waals surface area contributed by atoms with E-state index in [4.69, 9.17) is 9.47 Å². The van der Waals surface area contributed by atoms with E-state index in [1.807, 2.05) is 0 Å². The molecule has 0 heterocycles. The molecule has 0 bridgehead atoms. The summed E-state index contributed by atoms with van der Waals surface area (Å²) in [5.74, 6) is -2.18. The second-order valence-corrected chi connectivity index (χ2v) is 4.81. The predicted octanol–water partition coefficient (Wildman–Crippen LogP) is 2.89. The lowest BCUT2D eigenvalue weighted by atomic mass is 9.94. The van der Waals surface area contributed by atoms with Crippen molar-refractivity contribution in [2.45, 2.75) is 51.7 Å². The number of hydrogen-bond donors (Lipinski definition) is 0. The Morgan fingerprint density at radius 3 is 1.61 bits per heavy atom. The number of hydrogen-bond acceptors (Lipinski definition) is 4. The summed E-state index contributed by atoms with van der Waals surface area (Å²) >= 11 is 0. The van der Waals surface area contributed by atoms with Crippen molar-refractivity contribution in [2.75, 3.05) is 0 Å². The molecule has 18 heavy (non-hydrogen) atoms. The standard InChI is InChI=1S/C14H20O4/c1-10(2)12(15)17-14(8-6-5-7-9-14)18-13(16)11(3)4/h1,3,5-9H2,2,4H3. The minimum atomic E-state index is -1.13. The average Bonchev–Trinajstić information content (AvgIpc) is 2.29. The summed E-state index contributed by atoms with van der Waals surface area (Å²) in [6.45, 7) is 10.2. The molecular formula is C14H20O4. The molecule has 0 atom stereocenters. The Bertz CT molecular complexity index is 345. The van der Waals surface area contributed by atoms with Gasteiger partial charge in [-0.2, -0.15) is 0 Å². The lowest BCUT2D eigenvalue weighted by molar-refractivity contribution is -0.233. The van der Waals surface area contributed by atoms with Crippen LogP contribution in [0.3, 0.4) is 0 Å². The predicted molar refractivity (Wildman–Crippen MR) is 67.6 cm³/mol. The van der Waals surface area contributed by atoms with E-state index in [0.717, 1.165) is 19.3 Å². The molecule has 1 rings (SSSR count). The van der Waals surface area contributed by atoms with E-state index >= 15 is 0 Å². The van der Waals surface area contributed by atoms with Crippen LogP contribution in [-0.4, -0.2) is 17.7 Å². The number of rotatable bonds is 4. The van der Waals surface area contributed by atoms with Crippen LogP contribution in [0.4, 0.5) is 0 Å². The molecule has 4 heteroatoms. The molecule has 0 aromatic heterocycles. The van der Waals surface area contributed by atoms with Crippen LogP contribution < -0.4 is 0 Å². The highest BCUT2D eigenvalue weighted by atomic mass is 16.7. The third kappa shape index (κ3) is 3.72. The molecule has 1 saturated carbocycles. The Balaban J connectivity index is 2.81. The summed E-state index contributed by atoms with van der Waals surface area (Å²) in [7, 11) is 0. The zero-order chi connectivity index (χ0) is 13.8. The van der Waals surface area contributed by atoms with Crippen LogP contribution in [-0.2, 0) is 19.1 Å². The van der Waals surface area contributed by atoms with Crippen LogP contribution in [0.2, 0.25) is 0 Å². The zero-order valence-electron chi connectivity index (χ0n) is 11.1. The minimum absolute atomic E-state index is 0.298. The molecule has 0 saturated heterocycles. The molecule has 1 aliphatic rings. The summed E-state index contributed by atoms with van der Waals surface area (Å²) in [6, 6.07) is 0. The zero-order valence-corrected chi connectivity index (χ0v) is 11.1. The highest BCUT2D eigenvalue weighted by Crippen LogP contribution is 2.34. The SMILES string of the molecule is C=C(C)C(=O)OC1(OC(=O)C(=C)C)CCCCC1. The first-order valence-electron chi connectivity index (χ1n) is 6.14. The first kappa shape index (κ1) is 14.5. The second-order valence-electron chi connectivity index (χ2n) is 4.81. The van der Waals surface area contributed by atoms with Gasteiger partial charge in [-0.15, -0.1) is 0 Å². The largest absolute Gasteiger partial charge is 0.419 e. The molecule has 0 aromatic rings. The third-order valence-corrected chi connectivity index (χ3v) is 2.87. The van der Waals surface area contributed by atoms with E-state index in [2.05, 4.69) is 13.2 Å². The molecule has 4 nitrogen and oxygen atoms in total. The highest BCUT2D eigenvalue weighted by molar-refractivity contribution is 5.89. The van der Waals surface area contributed by atoms with Crippen molar-refractivity contribution in [1.82, 2.24) is 0 Å². The van der Waals surface area contributed by atoms with Crippen LogP contribution in [0.15, 0.2) is 24.3 Å². The van der Waals surface area contributed by atoms with Gasteiger partial charge in [0.15, 0.2) is 0 Å². The van der Waals surface area contributed by atoms with Gasteiger partial charge in [0.1, 0.15) is 0 Å². The van der Waals surface area contributed by atoms with Crippen LogP contribution in [0.5, 0.6) is 0 Å². The van der Waals surface area contributed by atoms with Gasteiger partial charge in [0.05, 0.1) is 0 Å². The molecular weight excluding hydrogens is 232 g/mol. The van der Waals surface area contributed by atoms with Crippen LogP contribution in [0.1, 0.15) is 46.0 Å². The molecule has 0 radical (unpaired) electrons. The quantitative estimate of drug-likeness (QED) is 0.438. The molecule has 0 spiro atoms. The van der Waals surface area contributed by atoms with E-state index in [9.17, 15) is 9.59 Å². The van der Waals surface area contributed by atoms with Gasteiger partial charge < -0.3 is 9.47 Å². The van der Waals surface area contributed by atoms with Gasteiger partial charge in [-0.05, 0) is 26.7 Å². The van der Waals surface area contributed by atoms with E-state index in [-0.39, 0.29) is 0 Å². The Labute approximate surface area is 108 Å². The Kier molecular flexibility index (Phi) is 4.70. The van der Waals surface area contributed by atoms with Crippen molar-refractivity contribution in [2.24, 2.45) is 0 Å². The summed E-state index contributed by atoms with van der Waals surface area (Å²) in [6.07, 6.45) is 3.85. The smallest absolute Gasteiger partial charge is 0.336 e. The fourth-order valence-corrected chi connectivity index (χ4v) is 1.83. The maximum atomic E-state index is 11.6. The van der Waals surface area contributed by atoms with Gasteiger partial charge in [0.25, 0.3) is 5.79 Å². The summed E-state index contributed by atoms with van der Waals surface area (Å²) < 4.78 is 10.7. The fourth-order valence-electron chi connectivity index (χ4n) is 1.83. The van der Waals surface area contributed by atoms with Gasteiger partial charge in [0.2, 0.25) is 0 Å². The number of carbonyl (C=O) groups excluding carboxylic acids is 2. The van der Waals surface area contributed by atoms with Crippen molar-refractivity contribution in [3.8, 4) is 0 Å². The maximum Gasteiger partial charge on any atom is 0.336 e. The van der Waals surface area contributed by atoms with Gasteiger partial charge in [0, 0.05) is 24.0 Å². The van der Waals surface area contributed by atoms with Crippen LogP contribution in [0.25, 0.3) is 0 Å². The number of esters is 2. The summed E-state index contributed by atoms with van der Waals surface area (Å²) in [5.41, 5.74) is 0.595. The lowest BCUT2D eigenvalue weighted by Gasteiger charge is -2.35. The third-order valence-electron chi connectivity index (χ3n) is 2.87. The summed E-state index contributed by atoms with van der Waals surface area (Å²) in [5, 5.41) is 0. The molecule has 0 aliphatic heterocycles. The molecule has 0 unspecified atom stereocenters. The Morgan fingerprint density at radius 2 is 1.28 bits per heavy atom. The number of ether oxygens (including phenoxy) is 2. The van der Waals surface area contributed by atoms with E-state index < -0.39 is 17.7 Å². The lowest BCUT2D eigenvalue weighted by Crippen LogP contribution is -2.42. The molecule has 100 valence electrons. The first-order chi connectivity index (χ1) is 8.36. The fraction of sp³-hybridized carbons (Fsp3) is 0.571. The van der Waals surface area contributed by atoms with Crippen LogP contribution >= 0.6 is 0 Å². The minimum Gasteiger partial charge on any atom is -0.419 e. The van der Waals surface area contributed by atoms with Crippen molar-refractivity contribution >= 4 is 11.9 Å². The highest BCUT2D eigenvalue weighted by Gasteiger charge is 2.40. The van der Waals surface area contributed by atoms with Gasteiger partial charge in [-0.25, -0.2) is 9.59 Å². The Hall–Kier alpha value is -1.58. The van der Waals surface area contributed by atoms with Crippen molar-refractivity contribution in [3.63, 3.8) is 0 Å². The topological polar surface area (TPSA) is 52.6 Å². The second kappa shape index (κ2) is 5.85. The van der Waals surface area contributed by atoms with Gasteiger partial charge >= 0.3 is 11.9 Å². The van der Waals surface area contributed by atoms with Gasteiger partial charge in [-0.1, -0.05) is 19.6 Å². The number of carbonyl (C=O) groups is 2. The molecule has 0 aromatic carbocycles. The van der Waals surface area contributed by atoms with Gasteiger partial charge in [-0.3, -0.25) is 0 Å². The van der Waals surface area contributed by atoms with Crippen LogP contribution in [0, 0.1) is 0 Å². The van der Waals surface area contributed by atoms with Crippen molar-refractivity contribution < 1.29 is 19.1 Å². The van der Waals surface area contributed by atoms with Crippen molar-refractivity contribution in [1.29, 1.82) is 0 Å². The molecule has 0 amide bonds. The summed E-state index contributed by atoms with van der Waals surface area (Å²) in [4.78, 5) is 23.3. The molecule has 1 fully saturated rings. The van der Waals surface area contributed by atoms with E-state index in [1.165, 1.54) is 0 Å². The molecule has 0 N–H and O–H groups in total. The molecule has 1 aliphatic carbocycles. The van der Waals surface area contributed by atoms with E-state index in [0.29, 0.717) is 24.0 Å². The normalized spacial score (nSPS) is 17.7. The monoisotopic (exact) mass is 252 g/mol. The van der Waals surface area contributed by atoms with E-state index in [1.54, 1.807) is 13.8 Å². The maximum absolute atomic E-state index is 11.6. The van der Waals surface area contributed by atoms with Crippen molar-refractivity contribution in [3.05, 3.63) is 24.3 Å².